The first kappa shape index (κ1) is 12.4. The minimum atomic E-state index is 0.387. The van der Waals surface area contributed by atoms with E-state index < -0.39 is 0 Å². The Morgan fingerprint density at radius 1 is 0.875 bits per heavy atom. The van der Waals surface area contributed by atoms with Crippen LogP contribution in [0.4, 0.5) is 0 Å². The van der Waals surface area contributed by atoms with Crippen LogP contribution in [0.25, 0.3) is 0 Å². The van der Waals surface area contributed by atoms with Crippen LogP contribution < -0.4 is 0 Å². The highest BCUT2D eigenvalue weighted by molar-refractivity contribution is 5.41. The lowest BCUT2D eigenvalue weighted by atomic mass is 10.0. The average Bonchev–Trinajstić information content (AvgIpc) is 2.25. The van der Waals surface area contributed by atoms with E-state index in [0.717, 1.165) is 5.56 Å². The van der Waals surface area contributed by atoms with E-state index in [1.807, 2.05) is 0 Å². The van der Waals surface area contributed by atoms with E-state index >= 15 is 0 Å². The first-order chi connectivity index (χ1) is 7.59. The van der Waals surface area contributed by atoms with Crippen molar-refractivity contribution >= 4 is 0 Å². The zero-order valence-electron chi connectivity index (χ0n) is 10.5. The third kappa shape index (κ3) is 4.24. The molecule has 0 atom stereocenters. The minimum Gasteiger partial charge on any atom is -0.0863 e. The Bertz CT molecular complexity index is 439. The van der Waals surface area contributed by atoms with Crippen molar-refractivity contribution in [3.63, 3.8) is 0 Å². The summed E-state index contributed by atoms with van der Waals surface area (Å²) < 4.78 is 0. The van der Waals surface area contributed by atoms with E-state index in [0.29, 0.717) is 11.8 Å². The van der Waals surface area contributed by atoms with Gasteiger partial charge in [0.25, 0.3) is 0 Å². The van der Waals surface area contributed by atoms with Gasteiger partial charge in [-0.25, -0.2) is 0 Å². The van der Waals surface area contributed by atoms with Crippen molar-refractivity contribution in [3.05, 3.63) is 35.4 Å². The SMILES string of the molecule is CC(C)C#CC#Cc1ccc(C(C)C)cc1. The summed E-state index contributed by atoms with van der Waals surface area (Å²) >= 11 is 0. The van der Waals surface area contributed by atoms with Gasteiger partial charge in [0.05, 0.1) is 0 Å². The summed E-state index contributed by atoms with van der Waals surface area (Å²) in [6, 6.07) is 8.37. The van der Waals surface area contributed by atoms with E-state index in [1.165, 1.54) is 5.56 Å². The minimum absolute atomic E-state index is 0.387. The van der Waals surface area contributed by atoms with Crippen molar-refractivity contribution in [1.29, 1.82) is 0 Å². The van der Waals surface area contributed by atoms with Gasteiger partial charge in [0.1, 0.15) is 0 Å². The predicted molar refractivity (Wildman–Crippen MR) is 70.0 cm³/mol. The summed E-state index contributed by atoms with van der Waals surface area (Å²) in [6.07, 6.45) is 0. The number of hydrogen-bond donors (Lipinski definition) is 0. The summed E-state index contributed by atoms with van der Waals surface area (Å²) in [6.45, 7) is 8.50. The van der Waals surface area contributed by atoms with E-state index in [4.69, 9.17) is 0 Å². The maximum Gasteiger partial charge on any atom is 0.0255 e. The molecule has 0 aliphatic heterocycles. The Hall–Kier alpha value is -1.66. The Kier molecular flexibility index (Phi) is 4.68. The van der Waals surface area contributed by atoms with Crippen LogP contribution in [0.2, 0.25) is 0 Å². The van der Waals surface area contributed by atoms with Crippen molar-refractivity contribution in [2.45, 2.75) is 33.6 Å². The second kappa shape index (κ2) is 6.04. The van der Waals surface area contributed by atoms with E-state index in [1.54, 1.807) is 0 Å². The van der Waals surface area contributed by atoms with Gasteiger partial charge in [-0.05, 0) is 35.5 Å². The lowest BCUT2D eigenvalue weighted by Gasteiger charge is -2.03. The summed E-state index contributed by atoms with van der Waals surface area (Å²) in [5.74, 6) is 12.8. The third-order valence-electron chi connectivity index (χ3n) is 2.21. The molecule has 0 unspecified atom stereocenters. The fraction of sp³-hybridized carbons (Fsp3) is 0.375. The largest absolute Gasteiger partial charge is 0.0863 e. The van der Waals surface area contributed by atoms with Crippen molar-refractivity contribution < 1.29 is 0 Å². The van der Waals surface area contributed by atoms with Gasteiger partial charge >= 0.3 is 0 Å². The molecule has 1 rings (SSSR count). The van der Waals surface area contributed by atoms with Gasteiger partial charge in [0, 0.05) is 11.5 Å². The molecule has 0 heteroatoms. The monoisotopic (exact) mass is 210 g/mol. The number of rotatable bonds is 1. The molecule has 0 nitrogen and oxygen atoms in total. The molecular weight excluding hydrogens is 192 g/mol. The highest BCUT2D eigenvalue weighted by Crippen LogP contribution is 2.13. The molecule has 0 fully saturated rings. The Balaban J connectivity index is 2.73. The molecule has 0 aliphatic rings. The fourth-order valence-electron chi connectivity index (χ4n) is 1.24. The second-order valence-electron chi connectivity index (χ2n) is 4.45. The van der Waals surface area contributed by atoms with Crippen LogP contribution in [0.3, 0.4) is 0 Å². The van der Waals surface area contributed by atoms with Gasteiger partial charge in [-0.3, -0.25) is 0 Å². The maximum absolute atomic E-state index is 3.04. The quantitative estimate of drug-likeness (QED) is 0.618. The number of benzene rings is 1. The maximum atomic E-state index is 3.04. The standard InChI is InChI=1S/C16H18/c1-13(2)7-5-6-8-15-9-11-16(12-10-15)14(3)4/h9-14H,1-4H3. The van der Waals surface area contributed by atoms with Crippen LogP contribution in [-0.2, 0) is 0 Å². The Morgan fingerprint density at radius 2 is 1.50 bits per heavy atom. The van der Waals surface area contributed by atoms with Crippen molar-refractivity contribution in [2.24, 2.45) is 5.92 Å². The normalized spacial score (nSPS) is 9.38. The first-order valence-corrected chi connectivity index (χ1v) is 5.71. The summed E-state index contributed by atoms with van der Waals surface area (Å²) in [7, 11) is 0. The summed E-state index contributed by atoms with van der Waals surface area (Å²) in [5.41, 5.74) is 2.38. The average molecular weight is 210 g/mol. The van der Waals surface area contributed by atoms with Crippen LogP contribution in [0.1, 0.15) is 44.7 Å². The molecule has 0 spiro atoms. The zero-order chi connectivity index (χ0) is 12.0. The third-order valence-corrected chi connectivity index (χ3v) is 2.21. The highest BCUT2D eigenvalue weighted by atomic mass is 14.0. The van der Waals surface area contributed by atoms with E-state index in [9.17, 15) is 0 Å². The van der Waals surface area contributed by atoms with Crippen molar-refractivity contribution in [2.75, 3.05) is 0 Å². The van der Waals surface area contributed by atoms with Crippen molar-refractivity contribution in [1.82, 2.24) is 0 Å². The molecule has 0 saturated carbocycles. The van der Waals surface area contributed by atoms with Crippen LogP contribution in [0.5, 0.6) is 0 Å². The van der Waals surface area contributed by atoms with Gasteiger partial charge in [-0.2, -0.15) is 0 Å². The van der Waals surface area contributed by atoms with Gasteiger partial charge in [0.2, 0.25) is 0 Å². The molecule has 0 saturated heterocycles. The molecule has 1 aromatic rings. The van der Waals surface area contributed by atoms with Gasteiger partial charge in [-0.15, -0.1) is 0 Å². The Labute approximate surface area is 99.1 Å². The molecule has 0 aromatic heterocycles. The van der Waals surface area contributed by atoms with Gasteiger partial charge in [0.15, 0.2) is 0 Å². The molecule has 0 radical (unpaired) electrons. The number of hydrogen-bond acceptors (Lipinski definition) is 0. The lowest BCUT2D eigenvalue weighted by Crippen LogP contribution is -1.86. The zero-order valence-corrected chi connectivity index (χ0v) is 10.5. The lowest BCUT2D eigenvalue weighted by molar-refractivity contribution is 0.866. The van der Waals surface area contributed by atoms with Crippen LogP contribution >= 0.6 is 0 Å². The van der Waals surface area contributed by atoms with Crippen LogP contribution in [0.15, 0.2) is 24.3 Å². The Morgan fingerprint density at radius 3 is 2.00 bits per heavy atom. The van der Waals surface area contributed by atoms with Crippen LogP contribution in [-0.4, -0.2) is 0 Å². The predicted octanol–water partition coefficient (Wildman–Crippen LogP) is 3.82. The van der Waals surface area contributed by atoms with Crippen LogP contribution in [0, 0.1) is 29.6 Å². The summed E-state index contributed by atoms with van der Waals surface area (Å²) in [5, 5.41) is 0. The molecule has 0 bridgehead atoms. The van der Waals surface area contributed by atoms with Gasteiger partial charge in [-0.1, -0.05) is 51.7 Å². The van der Waals surface area contributed by atoms with E-state index in [-0.39, 0.29) is 0 Å². The highest BCUT2D eigenvalue weighted by Gasteiger charge is 1.96. The molecule has 0 aliphatic carbocycles. The smallest absolute Gasteiger partial charge is 0.0255 e. The summed E-state index contributed by atoms with van der Waals surface area (Å²) in [4.78, 5) is 0. The van der Waals surface area contributed by atoms with Gasteiger partial charge < -0.3 is 0 Å². The second-order valence-corrected chi connectivity index (χ2v) is 4.45. The molecule has 0 amide bonds. The van der Waals surface area contributed by atoms with Crippen molar-refractivity contribution in [3.8, 4) is 23.7 Å². The molecule has 1 aromatic carbocycles. The molecule has 0 N–H and O–H groups in total. The molecular formula is C16H18. The molecule has 82 valence electrons. The molecule has 0 heterocycles. The fourth-order valence-corrected chi connectivity index (χ4v) is 1.24. The molecule has 16 heavy (non-hydrogen) atoms. The topological polar surface area (TPSA) is 0 Å². The first-order valence-electron chi connectivity index (χ1n) is 5.71. The van der Waals surface area contributed by atoms with E-state index in [2.05, 4.69) is 75.6 Å².